The normalized spacial score (nSPS) is 10.9. The van der Waals surface area contributed by atoms with Crippen LogP contribution in [0, 0.1) is 12.1 Å². The molecule has 0 saturated carbocycles. The monoisotopic (exact) mass is 178 g/mol. The van der Waals surface area contributed by atoms with Crippen LogP contribution in [-0.4, -0.2) is 9.97 Å². The minimum absolute atomic E-state index is 0.926. The standard InChI is InChI=1S/C12H6N2/c1-3-9-5-6-10-4-2-8-14-12(10)11(9)13-7-1/h3-8H. The smallest absolute Gasteiger partial charge is 0.0965 e. The van der Waals surface area contributed by atoms with Gasteiger partial charge in [-0.05, 0) is 12.1 Å². The van der Waals surface area contributed by atoms with Crippen LogP contribution >= 0.6 is 0 Å². The van der Waals surface area contributed by atoms with Crippen molar-refractivity contribution in [2.45, 2.75) is 0 Å². The molecule has 1 aromatic carbocycles. The van der Waals surface area contributed by atoms with Crippen LogP contribution in [0.4, 0.5) is 0 Å². The largest absolute Gasteiger partial charge is 0.253 e. The van der Waals surface area contributed by atoms with Gasteiger partial charge in [0, 0.05) is 35.3 Å². The molecule has 0 atom stereocenters. The Labute approximate surface area is 81.2 Å². The maximum absolute atomic E-state index is 4.28. The zero-order valence-electron chi connectivity index (χ0n) is 7.36. The second-order valence-corrected chi connectivity index (χ2v) is 3.08. The number of hydrogen-bond acceptors (Lipinski definition) is 2. The molecule has 3 rings (SSSR count). The van der Waals surface area contributed by atoms with Crippen molar-refractivity contribution < 1.29 is 0 Å². The lowest BCUT2D eigenvalue weighted by molar-refractivity contribution is 1.37. The molecule has 2 aromatic heterocycles. The fraction of sp³-hybridized carbons (Fsp3) is 0. The number of benzene rings is 1. The molecule has 0 unspecified atom stereocenters. The lowest BCUT2D eigenvalue weighted by Gasteiger charge is -1.99. The van der Waals surface area contributed by atoms with E-state index in [0.717, 1.165) is 21.8 Å². The van der Waals surface area contributed by atoms with Crippen LogP contribution in [0.3, 0.4) is 0 Å². The van der Waals surface area contributed by atoms with Crippen LogP contribution in [0.25, 0.3) is 21.8 Å². The maximum atomic E-state index is 4.28. The molecule has 3 aromatic rings. The van der Waals surface area contributed by atoms with E-state index in [9.17, 15) is 0 Å². The van der Waals surface area contributed by atoms with Gasteiger partial charge in [0.15, 0.2) is 0 Å². The van der Waals surface area contributed by atoms with E-state index in [1.165, 1.54) is 0 Å². The first-order chi connectivity index (χ1) is 6.95. The summed E-state index contributed by atoms with van der Waals surface area (Å²) in [5, 5.41) is 2.14. The summed E-state index contributed by atoms with van der Waals surface area (Å²) in [5.41, 5.74) is 1.85. The van der Waals surface area contributed by atoms with Crippen molar-refractivity contribution >= 4 is 21.8 Å². The highest BCUT2D eigenvalue weighted by Crippen LogP contribution is 2.20. The zero-order valence-corrected chi connectivity index (χ0v) is 7.36. The van der Waals surface area contributed by atoms with Gasteiger partial charge in [-0.1, -0.05) is 12.1 Å². The lowest BCUT2D eigenvalue weighted by Crippen LogP contribution is -1.83. The number of fused-ring (bicyclic) bond motifs is 3. The Morgan fingerprint density at radius 1 is 0.786 bits per heavy atom. The van der Waals surface area contributed by atoms with Crippen molar-refractivity contribution in [3.05, 3.63) is 48.8 Å². The molecule has 0 aliphatic rings. The molecule has 2 radical (unpaired) electrons. The van der Waals surface area contributed by atoms with E-state index >= 15 is 0 Å². The summed E-state index contributed by atoms with van der Waals surface area (Å²) in [6, 6.07) is 13.8. The van der Waals surface area contributed by atoms with Gasteiger partial charge < -0.3 is 0 Å². The van der Waals surface area contributed by atoms with E-state index in [1.54, 1.807) is 12.4 Å². The Hall–Kier alpha value is -1.96. The van der Waals surface area contributed by atoms with Gasteiger partial charge in [0.1, 0.15) is 0 Å². The number of hydrogen-bond donors (Lipinski definition) is 0. The Balaban J connectivity index is 2.61. The highest BCUT2D eigenvalue weighted by molar-refractivity contribution is 6.02. The third-order valence-corrected chi connectivity index (χ3v) is 2.23. The summed E-state index contributed by atoms with van der Waals surface area (Å²) < 4.78 is 0. The first kappa shape index (κ1) is 7.44. The van der Waals surface area contributed by atoms with Crippen molar-refractivity contribution in [2.75, 3.05) is 0 Å². The average molecular weight is 178 g/mol. The summed E-state index contributed by atoms with van der Waals surface area (Å²) in [4.78, 5) is 8.55. The molecule has 2 nitrogen and oxygen atoms in total. The van der Waals surface area contributed by atoms with Crippen LogP contribution in [0.5, 0.6) is 0 Å². The third-order valence-electron chi connectivity index (χ3n) is 2.23. The first-order valence-electron chi connectivity index (χ1n) is 4.36. The fourth-order valence-corrected chi connectivity index (χ4v) is 1.57. The van der Waals surface area contributed by atoms with Crippen LogP contribution in [0.1, 0.15) is 0 Å². The summed E-state index contributed by atoms with van der Waals surface area (Å²) in [7, 11) is 0. The molecular formula is C12H6N2. The molecule has 0 bridgehead atoms. The van der Waals surface area contributed by atoms with Crippen molar-refractivity contribution in [1.29, 1.82) is 0 Å². The summed E-state index contributed by atoms with van der Waals surface area (Å²) in [5.74, 6) is 0. The maximum Gasteiger partial charge on any atom is 0.0965 e. The van der Waals surface area contributed by atoms with Crippen molar-refractivity contribution in [3.8, 4) is 0 Å². The molecule has 0 aliphatic carbocycles. The van der Waals surface area contributed by atoms with Crippen LogP contribution in [-0.2, 0) is 0 Å². The third kappa shape index (κ3) is 0.973. The molecule has 2 heteroatoms. The Bertz CT molecular complexity index is 547. The fourth-order valence-electron chi connectivity index (χ4n) is 1.57. The van der Waals surface area contributed by atoms with E-state index in [2.05, 4.69) is 22.1 Å². The zero-order chi connectivity index (χ0) is 9.38. The van der Waals surface area contributed by atoms with Gasteiger partial charge in [0.25, 0.3) is 0 Å². The topological polar surface area (TPSA) is 25.8 Å². The van der Waals surface area contributed by atoms with Gasteiger partial charge in [-0.25, -0.2) is 0 Å². The molecule has 0 saturated heterocycles. The van der Waals surface area contributed by atoms with Gasteiger partial charge in [-0.2, -0.15) is 0 Å². The molecule has 0 aliphatic heterocycles. The minimum atomic E-state index is 0.926. The summed E-state index contributed by atoms with van der Waals surface area (Å²) in [6.45, 7) is 0. The molecule has 14 heavy (non-hydrogen) atoms. The van der Waals surface area contributed by atoms with E-state index in [1.807, 2.05) is 24.3 Å². The SMILES string of the molecule is [c]1cnc2c(c1)ccc1c[c]cnc12. The van der Waals surface area contributed by atoms with Crippen LogP contribution in [0.15, 0.2) is 36.7 Å². The number of nitrogens with zero attached hydrogens (tertiary/aromatic N) is 2. The Morgan fingerprint density at radius 2 is 1.29 bits per heavy atom. The van der Waals surface area contributed by atoms with Gasteiger partial charge in [-0.3, -0.25) is 9.97 Å². The van der Waals surface area contributed by atoms with E-state index in [0.29, 0.717) is 0 Å². The number of rotatable bonds is 0. The Morgan fingerprint density at radius 3 is 1.79 bits per heavy atom. The molecule has 0 fully saturated rings. The first-order valence-corrected chi connectivity index (χ1v) is 4.36. The van der Waals surface area contributed by atoms with E-state index in [4.69, 9.17) is 0 Å². The average Bonchev–Trinajstić information content (AvgIpc) is 2.29. The van der Waals surface area contributed by atoms with Gasteiger partial charge in [0.05, 0.1) is 11.0 Å². The lowest BCUT2D eigenvalue weighted by atomic mass is 10.1. The van der Waals surface area contributed by atoms with E-state index in [-0.39, 0.29) is 0 Å². The van der Waals surface area contributed by atoms with Crippen molar-refractivity contribution in [3.63, 3.8) is 0 Å². The summed E-state index contributed by atoms with van der Waals surface area (Å²) >= 11 is 0. The number of aromatic nitrogens is 2. The van der Waals surface area contributed by atoms with Gasteiger partial charge in [0.2, 0.25) is 0 Å². The quantitative estimate of drug-likeness (QED) is 0.494. The molecule has 0 N–H and O–H groups in total. The molecular weight excluding hydrogens is 172 g/mol. The predicted octanol–water partition coefficient (Wildman–Crippen LogP) is 2.38. The van der Waals surface area contributed by atoms with Gasteiger partial charge in [-0.15, -0.1) is 0 Å². The molecule has 0 spiro atoms. The van der Waals surface area contributed by atoms with Gasteiger partial charge >= 0.3 is 0 Å². The molecule has 2 heterocycles. The van der Waals surface area contributed by atoms with Crippen LogP contribution in [0.2, 0.25) is 0 Å². The molecule has 64 valence electrons. The minimum Gasteiger partial charge on any atom is -0.253 e. The second kappa shape index (κ2) is 2.77. The molecule has 0 amide bonds. The highest BCUT2D eigenvalue weighted by Gasteiger charge is 2.00. The van der Waals surface area contributed by atoms with Crippen molar-refractivity contribution in [2.24, 2.45) is 0 Å². The van der Waals surface area contributed by atoms with Crippen molar-refractivity contribution in [1.82, 2.24) is 9.97 Å². The number of pyridine rings is 2. The van der Waals surface area contributed by atoms with Crippen LogP contribution < -0.4 is 0 Å². The Kier molecular flexibility index (Phi) is 1.47. The van der Waals surface area contributed by atoms with E-state index < -0.39 is 0 Å². The summed E-state index contributed by atoms with van der Waals surface area (Å²) in [6.07, 6.45) is 3.33. The highest BCUT2D eigenvalue weighted by atomic mass is 14.7. The second-order valence-electron chi connectivity index (χ2n) is 3.08. The predicted molar refractivity (Wildman–Crippen MR) is 54.7 cm³/mol.